The molecule has 2 unspecified atom stereocenters. The molecule has 0 radical (unpaired) electrons. The van der Waals surface area contributed by atoms with Crippen molar-refractivity contribution in [2.45, 2.75) is 65.2 Å². The summed E-state index contributed by atoms with van der Waals surface area (Å²) < 4.78 is 0. The molecule has 0 spiro atoms. The summed E-state index contributed by atoms with van der Waals surface area (Å²) in [5, 5.41) is 0. The molecular weight excluding hydrogens is 172 g/mol. The number of carbonyl (C=O) groups is 1. The molecule has 0 bridgehead atoms. The number of carbonyl (C=O) groups excluding carboxylic acids is 1. The molecule has 0 aromatic heterocycles. The van der Waals surface area contributed by atoms with Crippen LogP contribution in [-0.4, -0.2) is 5.78 Å². The highest BCUT2D eigenvalue weighted by Gasteiger charge is 2.27. The summed E-state index contributed by atoms with van der Waals surface area (Å²) in [6.07, 6.45) is 9.59. The average molecular weight is 196 g/mol. The van der Waals surface area contributed by atoms with Crippen molar-refractivity contribution in [3.63, 3.8) is 0 Å². The number of Topliss-reactive ketones (excluding diaryl/α,β-unsaturated/α-hetero) is 1. The Bertz CT molecular complexity index is 174. The maximum Gasteiger partial charge on any atom is 0.136 e. The summed E-state index contributed by atoms with van der Waals surface area (Å²) in [4.78, 5) is 11.7. The molecule has 0 heterocycles. The lowest BCUT2D eigenvalue weighted by molar-refractivity contribution is -0.126. The van der Waals surface area contributed by atoms with Gasteiger partial charge in [0, 0.05) is 12.3 Å². The highest BCUT2D eigenvalue weighted by molar-refractivity contribution is 5.81. The summed E-state index contributed by atoms with van der Waals surface area (Å²) in [5.74, 6) is 1.60. The number of hydrogen-bond acceptors (Lipinski definition) is 1. The van der Waals surface area contributed by atoms with Gasteiger partial charge in [0.1, 0.15) is 5.78 Å². The van der Waals surface area contributed by atoms with Gasteiger partial charge in [-0.05, 0) is 25.2 Å². The van der Waals surface area contributed by atoms with E-state index in [0.717, 1.165) is 19.3 Å². The predicted octanol–water partition coefficient (Wildman–Crippen LogP) is 3.96. The fraction of sp³-hybridized carbons (Fsp3) is 0.923. The summed E-state index contributed by atoms with van der Waals surface area (Å²) in [7, 11) is 0. The predicted molar refractivity (Wildman–Crippen MR) is 60.3 cm³/mol. The normalized spacial score (nSPS) is 28.0. The topological polar surface area (TPSA) is 17.1 Å². The molecular formula is C13H24O. The smallest absolute Gasteiger partial charge is 0.136 e. The number of ketones is 1. The van der Waals surface area contributed by atoms with E-state index in [1.165, 1.54) is 32.1 Å². The molecule has 1 saturated carbocycles. The van der Waals surface area contributed by atoms with E-state index in [4.69, 9.17) is 0 Å². The SMILES string of the molecule is CCCCCCC1C(=O)CCCC1C. The lowest BCUT2D eigenvalue weighted by Gasteiger charge is -2.27. The van der Waals surface area contributed by atoms with Gasteiger partial charge < -0.3 is 0 Å². The number of hydrogen-bond donors (Lipinski definition) is 0. The van der Waals surface area contributed by atoms with E-state index in [9.17, 15) is 4.79 Å². The zero-order chi connectivity index (χ0) is 10.4. The second kappa shape index (κ2) is 6.21. The van der Waals surface area contributed by atoms with Crippen molar-refractivity contribution in [3.8, 4) is 0 Å². The van der Waals surface area contributed by atoms with Crippen molar-refractivity contribution in [1.82, 2.24) is 0 Å². The van der Waals surface area contributed by atoms with Crippen LogP contribution in [0.4, 0.5) is 0 Å². The van der Waals surface area contributed by atoms with Gasteiger partial charge in [-0.2, -0.15) is 0 Å². The standard InChI is InChI=1S/C13H24O/c1-3-4-5-6-9-12-11(2)8-7-10-13(12)14/h11-12H,3-10H2,1-2H3. The van der Waals surface area contributed by atoms with Crippen LogP contribution in [0.2, 0.25) is 0 Å². The molecule has 1 rings (SSSR count). The summed E-state index contributed by atoms with van der Waals surface area (Å²) in [5.41, 5.74) is 0. The first kappa shape index (κ1) is 11.7. The Morgan fingerprint density at radius 2 is 2.07 bits per heavy atom. The quantitative estimate of drug-likeness (QED) is 0.608. The molecule has 1 heteroatoms. The van der Waals surface area contributed by atoms with Gasteiger partial charge >= 0.3 is 0 Å². The van der Waals surface area contributed by atoms with E-state index >= 15 is 0 Å². The molecule has 2 atom stereocenters. The first-order valence-corrected chi connectivity index (χ1v) is 6.28. The zero-order valence-electron chi connectivity index (χ0n) is 9.72. The maximum absolute atomic E-state index is 11.7. The molecule has 0 aromatic rings. The Hall–Kier alpha value is -0.330. The molecule has 0 amide bonds. The van der Waals surface area contributed by atoms with E-state index in [0.29, 0.717) is 17.6 Å². The van der Waals surface area contributed by atoms with Crippen LogP contribution in [0.3, 0.4) is 0 Å². The van der Waals surface area contributed by atoms with Crippen LogP contribution in [0, 0.1) is 11.8 Å². The van der Waals surface area contributed by atoms with Gasteiger partial charge in [-0.3, -0.25) is 4.79 Å². The zero-order valence-corrected chi connectivity index (χ0v) is 9.72. The molecule has 1 aliphatic rings. The molecule has 0 saturated heterocycles. The number of rotatable bonds is 5. The monoisotopic (exact) mass is 196 g/mol. The second-order valence-corrected chi connectivity index (χ2v) is 4.79. The van der Waals surface area contributed by atoms with E-state index in [-0.39, 0.29) is 0 Å². The Kier molecular flexibility index (Phi) is 5.21. The number of unbranched alkanes of at least 4 members (excludes halogenated alkanes) is 3. The summed E-state index contributed by atoms with van der Waals surface area (Å²) >= 11 is 0. The van der Waals surface area contributed by atoms with E-state index in [1.54, 1.807) is 0 Å². The minimum atomic E-state index is 0.403. The van der Waals surface area contributed by atoms with Crippen molar-refractivity contribution >= 4 is 5.78 Å². The van der Waals surface area contributed by atoms with E-state index in [2.05, 4.69) is 13.8 Å². The van der Waals surface area contributed by atoms with Crippen LogP contribution >= 0.6 is 0 Å². The van der Waals surface area contributed by atoms with Gasteiger partial charge in [0.05, 0.1) is 0 Å². The van der Waals surface area contributed by atoms with Crippen LogP contribution in [0.25, 0.3) is 0 Å². The Morgan fingerprint density at radius 1 is 1.29 bits per heavy atom. The Labute approximate surface area is 88.3 Å². The van der Waals surface area contributed by atoms with Crippen LogP contribution in [-0.2, 0) is 4.79 Å². The minimum Gasteiger partial charge on any atom is -0.299 e. The lowest BCUT2D eigenvalue weighted by Crippen LogP contribution is -2.26. The van der Waals surface area contributed by atoms with Crippen LogP contribution < -0.4 is 0 Å². The van der Waals surface area contributed by atoms with Crippen LogP contribution in [0.1, 0.15) is 65.2 Å². The van der Waals surface area contributed by atoms with Crippen molar-refractivity contribution in [2.24, 2.45) is 11.8 Å². The molecule has 1 aliphatic carbocycles. The van der Waals surface area contributed by atoms with Gasteiger partial charge in [-0.15, -0.1) is 0 Å². The van der Waals surface area contributed by atoms with Gasteiger partial charge in [0.15, 0.2) is 0 Å². The van der Waals surface area contributed by atoms with Gasteiger partial charge in [-0.1, -0.05) is 39.5 Å². The van der Waals surface area contributed by atoms with Gasteiger partial charge in [0.25, 0.3) is 0 Å². The largest absolute Gasteiger partial charge is 0.299 e. The van der Waals surface area contributed by atoms with E-state index < -0.39 is 0 Å². The third kappa shape index (κ3) is 3.43. The van der Waals surface area contributed by atoms with Crippen molar-refractivity contribution in [1.29, 1.82) is 0 Å². The fourth-order valence-corrected chi connectivity index (χ4v) is 2.54. The second-order valence-electron chi connectivity index (χ2n) is 4.79. The van der Waals surface area contributed by atoms with Crippen molar-refractivity contribution in [2.75, 3.05) is 0 Å². The summed E-state index contributed by atoms with van der Waals surface area (Å²) in [6.45, 7) is 4.48. The van der Waals surface area contributed by atoms with Gasteiger partial charge in [0.2, 0.25) is 0 Å². The first-order valence-electron chi connectivity index (χ1n) is 6.28. The summed E-state index contributed by atoms with van der Waals surface area (Å²) in [6, 6.07) is 0. The van der Waals surface area contributed by atoms with Gasteiger partial charge in [-0.25, -0.2) is 0 Å². The molecule has 1 fully saturated rings. The highest BCUT2D eigenvalue weighted by atomic mass is 16.1. The Balaban J connectivity index is 2.22. The molecule has 0 aromatic carbocycles. The van der Waals surface area contributed by atoms with E-state index in [1.807, 2.05) is 0 Å². The minimum absolute atomic E-state index is 0.403. The average Bonchev–Trinajstić information content (AvgIpc) is 2.16. The Morgan fingerprint density at radius 3 is 2.71 bits per heavy atom. The molecule has 0 aliphatic heterocycles. The molecule has 0 N–H and O–H groups in total. The maximum atomic E-state index is 11.7. The molecule has 14 heavy (non-hydrogen) atoms. The highest BCUT2D eigenvalue weighted by Crippen LogP contribution is 2.30. The van der Waals surface area contributed by atoms with Crippen molar-refractivity contribution < 1.29 is 4.79 Å². The third-order valence-corrected chi connectivity index (χ3v) is 3.55. The molecule has 1 nitrogen and oxygen atoms in total. The van der Waals surface area contributed by atoms with Crippen LogP contribution in [0.15, 0.2) is 0 Å². The third-order valence-electron chi connectivity index (χ3n) is 3.55. The lowest BCUT2D eigenvalue weighted by atomic mass is 9.77. The molecule has 82 valence electrons. The van der Waals surface area contributed by atoms with Crippen LogP contribution in [0.5, 0.6) is 0 Å². The first-order chi connectivity index (χ1) is 6.75. The van der Waals surface area contributed by atoms with Crippen molar-refractivity contribution in [3.05, 3.63) is 0 Å². The fourth-order valence-electron chi connectivity index (χ4n) is 2.54.